The van der Waals surface area contributed by atoms with Crippen molar-refractivity contribution < 1.29 is 19.1 Å². The molecular weight excluding hydrogens is 314 g/mol. The van der Waals surface area contributed by atoms with Gasteiger partial charge < -0.3 is 9.47 Å². The predicted molar refractivity (Wildman–Crippen MR) is 92.6 cm³/mol. The average Bonchev–Trinajstić information content (AvgIpc) is 2.48. The number of nitrogens with zero attached hydrogens (tertiary/aromatic N) is 1. The van der Waals surface area contributed by atoms with Crippen LogP contribution in [0.4, 0.5) is 5.69 Å². The molecule has 0 heterocycles. The van der Waals surface area contributed by atoms with Crippen molar-refractivity contribution >= 4 is 74.9 Å². The van der Waals surface area contributed by atoms with Gasteiger partial charge in [0.1, 0.15) is 29.3 Å². The lowest BCUT2D eigenvalue weighted by Gasteiger charge is -2.13. The average molecular weight is 327 g/mol. The molecule has 114 valence electrons. The van der Waals surface area contributed by atoms with E-state index in [2.05, 4.69) is 4.99 Å². The number of ether oxygens (including phenoxy) is 2. The largest absolute Gasteiger partial charge is 0.466 e. The second-order valence-electron chi connectivity index (χ2n) is 4.39. The maximum atomic E-state index is 12.0. The minimum absolute atomic E-state index is 0.00910. The zero-order valence-electron chi connectivity index (χ0n) is 12.9. The zero-order chi connectivity index (χ0) is 17.6. The lowest BCUT2D eigenvalue weighted by Crippen LogP contribution is -2.28. The monoisotopic (exact) mass is 327 g/mol. The summed E-state index contributed by atoms with van der Waals surface area (Å²) in [6, 6.07) is 1.37. The number of carbonyl (C=O) groups excluding carboxylic acids is 2. The van der Waals surface area contributed by atoms with Crippen LogP contribution >= 0.6 is 11.6 Å². The molecule has 0 fully saturated rings. The summed E-state index contributed by atoms with van der Waals surface area (Å²) in [5.41, 5.74) is 0.176. The van der Waals surface area contributed by atoms with Crippen LogP contribution in [0.25, 0.3) is 0 Å². The summed E-state index contributed by atoms with van der Waals surface area (Å²) >= 11 is 5.95. The molecule has 0 amide bonds. The number of hydrogen-bond acceptors (Lipinski definition) is 5. The lowest BCUT2D eigenvalue weighted by atomic mass is 9.78. The normalized spacial score (nSPS) is 11.2. The molecule has 6 radical (unpaired) electrons. The van der Waals surface area contributed by atoms with Crippen LogP contribution in [0.15, 0.2) is 11.1 Å². The summed E-state index contributed by atoms with van der Waals surface area (Å²) < 4.78 is 9.68. The summed E-state index contributed by atoms with van der Waals surface area (Å²) in [5.74, 6) is -1.40. The van der Waals surface area contributed by atoms with Crippen LogP contribution in [0.5, 0.6) is 0 Å². The highest BCUT2D eigenvalue weighted by atomic mass is 35.5. The Balaban J connectivity index is 3.31. The fourth-order valence-electron chi connectivity index (χ4n) is 1.69. The Kier molecular flexibility index (Phi) is 7.42. The third kappa shape index (κ3) is 5.17. The second kappa shape index (κ2) is 8.82. The maximum Gasteiger partial charge on any atom is 0.353 e. The lowest BCUT2D eigenvalue weighted by molar-refractivity contribution is -0.143. The van der Waals surface area contributed by atoms with Crippen LogP contribution in [0.2, 0.25) is 5.02 Å². The molecule has 1 aromatic rings. The second-order valence-corrected chi connectivity index (χ2v) is 4.77. The molecule has 0 aromatic heterocycles. The van der Waals surface area contributed by atoms with Crippen LogP contribution < -0.4 is 16.4 Å². The number of esters is 2. The number of aliphatic imine (C=N–C) groups is 1. The van der Waals surface area contributed by atoms with Crippen molar-refractivity contribution in [2.45, 2.75) is 20.3 Å². The van der Waals surface area contributed by atoms with Gasteiger partial charge in [-0.25, -0.2) is 9.79 Å². The Morgan fingerprint density at radius 3 is 2.30 bits per heavy atom. The highest BCUT2D eigenvalue weighted by Crippen LogP contribution is 2.11. The van der Waals surface area contributed by atoms with Gasteiger partial charge >= 0.3 is 11.9 Å². The van der Waals surface area contributed by atoms with Crippen molar-refractivity contribution in [2.24, 2.45) is 4.99 Å². The van der Waals surface area contributed by atoms with E-state index in [4.69, 9.17) is 44.6 Å². The van der Waals surface area contributed by atoms with E-state index < -0.39 is 11.9 Å². The molecule has 0 spiro atoms. The topological polar surface area (TPSA) is 65.0 Å². The molecule has 0 N–H and O–H groups in total. The van der Waals surface area contributed by atoms with Gasteiger partial charge in [-0.2, -0.15) is 0 Å². The minimum Gasteiger partial charge on any atom is -0.466 e. The molecule has 0 unspecified atom stereocenters. The maximum absolute atomic E-state index is 12.0. The highest BCUT2D eigenvalue weighted by Gasteiger charge is 2.19. The Morgan fingerprint density at radius 1 is 1.13 bits per heavy atom. The first-order valence-corrected chi connectivity index (χ1v) is 7.22. The van der Waals surface area contributed by atoms with E-state index in [0.29, 0.717) is 0 Å². The summed E-state index contributed by atoms with van der Waals surface area (Å²) in [4.78, 5) is 27.6. The first kappa shape index (κ1) is 19.4. The number of hydrogen-bond donors (Lipinski definition) is 0. The molecule has 0 aliphatic carbocycles. The fraction of sp³-hybridized carbons (Fsp3) is 0.357. The van der Waals surface area contributed by atoms with Gasteiger partial charge in [0, 0.05) is 5.02 Å². The van der Waals surface area contributed by atoms with Crippen LogP contribution in [0.3, 0.4) is 0 Å². The van der Waals surface area contributed by atoms with Crippen molar-refractivity contribution in [2.75, 3.05) is 13.2 Å². The fourth-order valence-corrected chi connectivity index (χ4v) is 1.84. The van der Waals surface area contributed by atoms with Gasteiger partial charge in [-0.05, 0) is 13.8 Å². The molecule has 0 aliphatic heterocycles. The molecule has 1 rings (SSSR count). The molecule has 0 bridgehead atoms. The van der Waals surface area contributed by atoms with E-state index in [0.717, 1.165) is 0 Å². The predicted octanol–water partition coefficient (Wildman–Crippen LogP) is -0.690. The van der Waals surface area contributed by atoms with Gasteiger partial charge in [-0.3, -0.25) is 4.79 Å². The smallest absolute Gasteiger partial charge is 0.353 e. The summed E-state index contributed by atoms with van der Waals surface area (Å²) in [6.45, 7) is 3.57. The molecule has 0 saturated carbocycles. The van der Waals surface area contributed by atoms with E-state index in [9.17, 15) is 9.59 Å². The van der Waals surface area contributed by atoms with E-state index in [1.807, 2.05) is 0 Å². The molecule has 1 aromatic carbocycles. The number of halogens is 1. The van der Waals surface area contributed by atoms with Gasteiger partial charge in [-0.15, -0.1) is 0 Å². The Bertz CT molecular complexity index is 649. The molecule has 0 atom stereocenters. The van der Waals surface area contributed by atoms with Gasteiger partial charge in [0.25, 0.3) is 0 Å². The molecular formula is C14H13B3ClNO4. The number of carbonyl (C=O) groups is 2. The zero-order valence-corrected chi connectivity index (χ0v) is 13.6. The van der Waals surface area contributed by atoms with Crippen molar-refractivity contribution in [3.8, 4) is 0 Å². The standard InChI is InChI=1S/C14H13B3ClNO4/c1-3-22-10(20)6-9(14(21)23-4-2)19-13-8(16)5-7(15)12(18)11(13)17/h5H,3-4,6H2,1-2H3. The third-order valence-corrected chi connectivity index (χ3v) is 3.13. The molecule has 0 aliphatic rings. The van der Waals surface area contributed by atoms with Crippen LogP contribution in [0, 0.1) is 0 Å². The van der Waals surface area contributed by atoms with Crippen molar-refractivity contribution in [3.05, 3.63) is 11.1 Å². The van der Waals surface area contributed by atoms with Crippen molar-refractivity contribution in [3.63, 3.8) is 0 Å². The Morgan fingerprint density at radius 2 is 1.74 bits per heavy atom. The Hall–Kier alpha value is -1.69. The SMILES string of the molecule is [B]c1cc([B])c(N=C(CC(=O)OCC)C(=O)OCC)c([B])c1Cl. The van der Waals surface area contributed by atoms with Crippen LogP contribution in [-0.4, -0.2) is 54.4 Å². The molecule has 23 heavy (non-hydrogen) atoms. The van der Waals surface area contributed by atoms with E-state index in [-0.39, 0.29) is 52.4 Å². The van der Waals surface area contributed by atoms with Gasteiger partial charge in [0.15, 0.2) is 0 Å². The van der Waals surface area contributed by atoms with Crippen LogP contribution in [-0.2, 0) is 19.1 Å². The highest BCUT2D eigenvalue weighted by molar-refractivity contribution is 6.57. The molecule has 9 heteroatoms. The third-order valence-electron chi connectivity index (χ3n) is 2.70. The summed E-state index contributed by atoms with van der Waals surface area (Å²) in [7, 11) is 17.3. The van der Waals surface area contributed by atoms with Crippen molar-refractivity contribution in [1.29, 1.82) is 0 Å². The quantitative estimate of drug-likeness (QED) is 0.394. The minimum atomic E-state index is -0.771. The number of benzene rings is 1. The van der Waals surface area contributed by atoms with Crippen molar-refractivity contribution in [1.82, 2.24) is 0 Å². The summed E-state index contributed by atoms with van der Waals surface area (Å²) in [5, 5.41) is 0.0669. The molecule has 0 saturated heterocycles. The van der Waals surface area contributed by atoms with Gasteiger partial charge in [0.05, 0.1) is 25.3 Å². The van der Waals surface area contributed by atoms with E-state index in [1.54, 1.807) is 13.8 Å². The van der Waals surface area contributed by atoms with Gasteiger partial charge in [-0.1, -0.05) is 34.1 Å². The molecule has 5 nitrogen and oxygen atoms in total. The number of rotatable bonds is 6. The van der Waals surface area contributed by atoms with E-state index >= 15 is 0 Å². The van der Waals surface area contributed by atoms with Gasteiger partial charge in [0.2, 0.25) is 0 Å². The summed E-state index contributed by atoms with van der Waals surface area (Å²) in [6.07, 6.45) is -0.381. The van der Waals surface area contributed by atoms with E-state index in [1.165, 1.54) is 6.07 Å². The first-order chi connectivity index (χ1) is 10.8. The Labute approximate surface area is 144 Å². The van der Waals surface area contributed by atoms with Crippen LogP contribution in [0.1, 0.15) is 20.3 Å². The first-order valence-electron chi connectivity index (χ1n) is 6.84.